The van der Waals surface area contributed by atoms with E-state index in [-0.39, 0.29) is 0 Å². The van der Waals surface area contributed by atoms with Crippen LogP contribution in [0.3, 0.4) is 0 Å². The molecule has 0 aliphatic heterocycles. The van der Waals surface area contributed by atoms with Gasteiger partial charge in [0.05, 0.1) is 38.8 Å². The summed E-state index contributed by atoms with van der Waals surface area (Å²) < 4.78 is 20.5. The molecule has 1 aromatic heterocycles. The first-order valence-electron chi connectivity index (χ1n) is 6.64. The number of thiazole rings is 1. The monoisotopic (exact) mass is 335 g/mol. The summed E-state index contributed by atoms with van der Waals surface area (Å²) in [5.41, 5.74) is 2.63. The van der Waals surface area contributed by atoms with Gasteiger partial charge >= 0.3 is 5.97 Å². The molecule has 2 rings (SSSR count). The highest BCUT2D eigenvalue weighted by molar-refractivity contribution is 7.10. The zero-order valence-electron chi connectivity index (χ0n) is 13.3. The standard InChI is InChI=1S/C16H17NO5S/c1-19-11-7-10(5-6-13-15(21-3)17-9-23-13)14(16(18)22-4)12(8-11)20-2/h5-9H,1-4H3/b6-5+. The van der Waals surface area contributed by atoms with Gasteiger partial charge in [-0.2, -0.15) is 0 Å². The predicted molar refractivity (Wildman–Crippen MR) is 88.5 cm³/mol. The number of aromatic nitrogens is 1. The molecule has 0 amide bonds. The maximum absolute atomic E-state index is 12.1. The molecule has 0 N–H and O–H groups in total. The zero-order chi connectivity index (χ0) is 16.8. The fourth-order valence-corrected chi connectivity index (χ4v) is 2.66. The Kier molecular flexibility index (Phi) is 5.59. The van der Waals surface area contributed by atoms with Crippen molar-refractivity contribution in [2.24, 2.45) is 0 Å². The summed E-state index contributed by atoms with van der Waals surface area (Å²) in [5, 5.41) is 0. The first-order chi connectivity index (χ1) is 11.1. The van der Waals surface area contributed by atoms with Crippen LogP contribution < -0.4 is 14.2 Å². The summed E-state index contributed by atoms with van der Waals surface area (Å²) in [4.78, 5) is 17.0. The Morgan fingerprint density at radius 1 is 1.09 bits per heavy atom. The number of esters is 1. The van der Waals surface area contributed by atoms with Crippen LogP contribution in [0.1, 0.15) is 20.8 Å². The SMILES string of the molecule is COC(=O)c1c(/C=C/c2scnc2OC)cc(OC)cc1OC. The van der Waals surface area contributed by atoms with Crippen LogP contribution in [0.25, 0.3) is 12.2 Å². The molecule has 1 heterocycles. The minimum Gasteiger partial charge on any atom is -0.497 e. The van der Waals surface area contributed by atoms with Gasteiger partial charge in [0.2, 0.25) is 5.88 Å². The number of ether oxygens (including phenoxy) is 4. The smallest absolute Gasteiger partial charge is 0.342 e. The fraction of sp³-hybridized carbons (Fsp3) is 0.250. The topological polar surface area (TPSA) is 66.9 Å². The Morgan fingerprint density at radius 2 is 1.87 bits per heavy atom. The number of nitrogens with zero attached hydrogens (tertiary/aromatic N) is 1. The Morgan fingerprint density at radius 3 is 2.48 bits per heavy atom. The van der Waals surface area contributed by atoms with Gasteiger partial charge in [0.15, 0.2) is 0 Å². The third-order valence-corrected chi connectivity index (χ3v) is 3.89. The van der Waals surface area contributed by atoms with Gasteiger partial charge in [-0.15, -0.1) is 11.3 Å². The molecule has 0 fully saturated rings. The van der Waals surface area contributed by atoms with Gasteiger partial charge in [-0.25, -0.2) is 9.78 Å². The summed E-state index contributed by atoms with van der Waals surface area (Å²) in [7, 11) is 5.92. The highest BCUT2D eigenvalue weighted by atomic mass is 32.1. The van der Waals surface area contributed by atoms with Crippen LogP contribution in [0.15, 0.2) is 17.6 Å². The van der Waals surface area contributed by atoms with Gasteiger partial charge in [0.25, 0.3) is 0 Å². The molecule has 0 spiro atoms. The van der Waals surface area contributed by atoms with Crippen molar-refractivity contribution in [2.75, 3.05) is 28.4 Å². The van der Waals surface area contributed by atoms with E-state index in [9.17, 15) is 4.79 Å². The lowest BCUT2D eigenvalue weighted by molar-refractivity contribution is 0.0597. The van der Waals surface area contributed by atoms with Crippen molar-refractivity contribution < 1.29 is 23.7 Å². The first-order valence-corrected chi connectivity index (χ1v) is 7.52. The van der Waals surface area contributed by atoms with Crippen LogP contribution in [0, 0.1) is 0 Å². The van der Waals surface area contributed by atoms with Crippen molar-refractivity contribution in [3.63, 3.8) is 0 Å². The van der Waals surface area contributed by atoms with Gasteiger partial charge in [0.1, 0.15) is 17.1 Å². The summed E-state index contributed by atoms with van der Waals surface area (Å²) in [5.74, 6) is 0.999. The maximum atomic E-state index is 12.1. The van der Waals surface area contributed by atoms with E-state index in [0.717, 1.165) is 4.88 Å². The predicted octanol–water partition coefficient (Wildman–Crippen LogP) is 3.13. The van der Waals surface area contributed by atoms with E-state index in [2.05, 4.69) is 4.98 Å². The summed E-state index contributed by atoms with van der Waals surface area (Å²) in [6.07, 6.45) is 3.59. The number of carbonyl (C=O) groups is 1. The van der Waals surface area contributed by atoms with E-state index in [0.29, 0.717) is 28.5 Å². The largest absolute Gasteiger partial charge is 0.497 e. The Labute approximate surface area is 138 Å². The lowest BCUT2D eigenvalue weighted by Gasteiger charge is -2.12. The molecule has 23 heavy (non-hydrogen) atoms. The van der Waals surface area contributed by atoms with E-state index < -0.39 is 5.97 Å². The molecule has 122 valence electrons. The highest BCUT2D eigenvalue weighted by Gasteiger charge is 2.19. The van der Waals surface area contributed by atoms with Crippen molar-refractivity contribution in [3.05, 3.63) is 33.6 Å². The molecule has 0 aliphatic rings. The average Bonchev–Trinajstić information content (AvgIpc) is 3.05. The maximum Gasteiger partial charge on any atom is 0.342 e. The molecule has 6 nitrogen and oxygen atoms in total. The molecule has 0 saturated heterocycles. The Hall–Kier alpha value is -2.54. The lowest BCUT2D eigenvalue weighted by atomic mass is 10.0. The minimum atomic E-state index is -0.486. The van der Waals surface area contributed by atoms with Gasteiger partial charge in [-0.05, 0) is 17.7 Å². The van der Waals surface area contributed by atoms with E-state index in [4.69, 9.17) is 18.9 Å². The van der Waals surface area contributed by atoms with Crippen molar-refractivity contribution in [1.82, 2.24) is 4.98 Å². The quantitative estimate of drug-likeness (QED) is 0.756. The fourth-order valence-electron chi connectivity index (χ4n) is 2.02. The molecule has 0 radical (unpaired) electrons. The molecular weight excluding hydrogens is 318 g/mol. The number of carbonyl (C=O) groups excluding carboxylic acids is 1. The molecule has 0 atom stereocenters. The molecule has 0 unspecified atom stereocenters. The Bertz CT molecular complexity index is 723. The van der Waals surface area contributed by atoms with E-state index >= 15 is 0 Å². The average molecular weight is 335 g/mol. The van der Waals surface area contributed by atoms with Gasteiger partial charge < -0.3 is 18.9 Å². The number of hydrogen-bond acceptors (Lipinski definition) is 7. The summed E-state index contributed by atoms with van der Waals surface area (Å²) in [6, 6.07) is 3.37. The molecular formula is C16H17NO5S. The van der Waals surface area contributed by atoms with Crippen LogP contribution >= 0.6 is 11.3 Å². The first kappa shape index (κ1) is 16.8. The molecule has 2 aromatic rings. The van der Waals surface area contributed by atoms with E-state index in [1.807, 2.05) is 6.08 Å². The normalized spacial score (nSPS) is 10.6. The number of hydrogen-bond donors (Lipinski definition) is 0. The minimum absolute atomic E-state index is 0.329. The van der Waals surface area contributed by atoms with Crippen molar-refractivity contribution in [2.45, 2.75) is 0 Å². The molecule has 1 aromatic carbocycles. The van der Waals surface area contributed by atoms with Crippen molar-refractivity contribution in [1.29, 1.82) is 0 Å². The van der Waals surface area contributed by atoms with Crippen molar-refractivity contribution in [3.8, 4) is 17.4 Å². The molecule has 0 bridgehead atoms. The summed E-state index contributed by atoms with van der Waals surface area (Å²) in [6.45, 7) is 0. The highest BCUT2D eigenvalue weighted by Crippen LogP contribution is 2.31. The van der Waals surface area contributed by atoms with Crippen LogP contribution in [-0.4, -0.2) is 39.4 Å². The Balaban J connectivity index is 2.52. The zero-order valence-corrected chi connectivity index (χ0v) is 14.1. The van der Waals surface area contributed by atoms with Gasteiger partial charge in [0, 0.05) is 6.07 Å². The van der Waals surface area contributed by atoms with Crippen LogP contribution in [-0.2, 0) is 4.74 Å². The van der Waals surface area contributed by atoms with E-state index in [1.54, 1.807) is 37.9 Å². The van der Waals surface area contributed by atoms with Crippen LogP contribution in [0.5, 0.6) is 17.4 Å². The van der Waals surface area contributed by atoms with Gasteiger partial charge in [-0.1, -0.05) is 6.08 Å². The third kappa shape index (κ3) is 3.62. The lowest BCUT2D eigenvalue weighted by Crippen LogP contribution is -2.07. The van der Waals surface area contributed by atoms with Crippen molar-refractivity contribution >= 4 is 29.5 Å². The molecule has 0 saturated carbocycles. The van der Waals surface area contributed by atoms with E-state index in [1.165, 1.54) is 25.6 Å². The molecule has 7 heteroatoms. The second kappa shape index (κ2) is 7.64. The second-order valence-corrected chi connectivity index (χ2v) is 5.23. The molecule has 0 aliphatic carbocycles. The van der Waals surface area contributed by atoms with Crippen LogP contribution in [0.4, 0.5) is 0 Å². The second-order valence-electron chi connectivity index (χ2n) is 4.34. The summed E-state index contributed by atoms with van der Waals surface area (Å²) >= 11 is 1.43. The van der Waals surface area contributed by atoms with Crippen LogP contribution in [0.2, 0.25) is 0 Å². The number of rotatable bonds is 6. The van der Waals surface area contributed by atoms with Gasteiger partial charge in [-0.3, -0.25) is 0 Å². The number of methoxy groups -OCH3 is 4. The third-order valence-electron chi connectivity index (χ3n) is 3.12. The number of benzene rings is 1.